The molecule has 3 atom stereocenters. The maximum atomic E-state index is 14.9. The maximum absolute atomic E-state index is 14.9. The van der Waals surface area contributed by atoms with E-state index in [-0.39, 0.29) is 56.5 Å². The Morgan fingerprint density at radius 1 is 0.879 bits per heavy atom. The number of ether oxygens (including phenoxy) is 1. The van der Waals surface area contributed by atoms with Crippen LogP contribution in [-0.2, 0) is 54.5 Å². The predicted octanol–water partition coefficient (Wildman–Crippen LogP) is 3.22. The van der Waals surface area contributed by atoms with Crippen LogP contribution in [0.1, 0.15) is 57.4 Å². The molecule has 2 bridgehead atoms. The van der Waals surface area contributed by atoms with Crippen LogP contribution < -0.4 is 32.3 Å². The number of hydrogen-bond donors (Lipinski definition) is 7. The molecule has 15 nitrogen and oxygen atoms in total. The number of nitrogens with zero attached hydrogens (tertiary/aromatic N) is 1. The van der Waals surface area contributed by atoms with Crippen molar-refractivity contribution >= 4 is 35.5 Å². The van der Waals surface area contributed by atoms with E-state index < -0.39 is 41.2 Å². The Kier molecular flexibility index (Phi) is 17.7. The molecule has 5 amide bonds. The summed E-state index contributed by atoms with van der Waals surface area (Å²) in [6.45, 7) is 4.25. The van der Waals surface area contributed by atoms with Crippen molar-refractivity contribution < 1.29 is 38.6 Å². The predicted molar refractivity (Wildman–Crippen MR) is 251 cm³/mol. The molecule has 4 aromatic carbocycles. The molecule has 8 N–H and O–H groups in total. The molecule has 0 radical (unpaired) electrons. The zero-order valence-corrected chi connectivity index (χ0v) is 37.5. The van der Waals surface area contributed by atoms with Crippen molar-refractivity contribution in [2.24, 2.45) is 11.1 Å². The van der Waals surface area contributed by atoms with Crippen molar-refractivity contribution in [2.75, 3.05) is 52.5 Å². The van der Waals surface area contributed by atoms with Crippen molar-refractivity contribution in [1.82, 2.24) is 31.5 Å². The number of carboxylic acids is 1. The minimum atomic E-state index is -0.989. The fourth-order valence-electron chi connectivity index (χ4n) is 8.69. The van der Waals surface area contributed by atoms with E-state index in [9.17, 15) is 33.9 Å². The number of nitrogens with two attached hydrogens (primary N) is 1. The van der Waals surface area contributed by atoms with Gasteiger partial charge in [0.25, 0.3) is 0 Å². The molecule has 4 aromatic rings. The molecular weight excluding hydrogens is 839 g/mol. The molecule has 0 unspecified atom stereocenters. The molecule has 2 aliphatic heterocycles. The van der Waals surface area contributed by atoms with Crippen molar-refractivity contribution in [3.63, 3.8) is 0 Å². The van der Waals surface area contributed by atoms with Gasteiger partial charge in [0.05, 0.1) is 30.6 Å². The van der Waals surface area contributed by atoms with E-state index in [0.717, 1.165) is 39.5 Å². The number of fused-ring (bicyclic) bond motifs is 3. The smallest absolute Gasteiger partial charge is 0.335 e. The first-order valence-corrected chi connectivity index (χ1v) is 22.6. The molecule has 2 heterocycles. The summed E-state index contributed by atoms with van der Waals surface area (Å²) in [6.07, 6.45) is 4.38. The molecule has 6 rings (SSSR count). The number of piperidine rings is 1. The fourth-order valence-corrected chi connectivity index (χ4v) is 8.69. The molecular formula is C51H61N7O8. The molecule has 0 aromatic heterocycles. The second-order valence-corrected chi connectivity index (χ2v) is 17.0. The number of benzene rings is 4. The van der Waals surface area contributed by atoms with Crippen LogP contribution in [0.2, 0.25) is 0 Å². The second-order valence-electron chi connectivity index (χ2n) is 17.0. The number of rotatable bonds is 12. The summed E-state index contributed by atoms with van der Waals surface area (Å²) in [5, 5.41) is 25.0. The quantitative estimate of drug-likeness (QED) is 0.103. The van der Waals surface area contributed by atoms with Crippen LogP contribution in [0.25, 0.3) is 11.1 Å². The lowest BCUT2D eigenvalue weighted by Crippen LogP contribution is -2.57. The maximum Gasteiger partial charge on any atom is 0.335 e. The topological polar surface area (TPSA) is 221 Å². The number of hydrogen-bond acceptors (Lipinski definition) is 9. The molecule has 66 heavy (non-hydrogen) atoms. The molecule has 1 fully saturated rings. The number of nitrogens with one attached hydrogen (secondary N) is 5. The van der Waals surface area contributed by atoms with Crippen molar-refractivity contribution in [3.8, 4) is 11.1 Å². The first-order chi connectivity index (χ1) is 31.9. The van der Waals surface area contributed by atoms with Crippen LogP contribution in [-0.4, -0.2) is 110 Å². The SMILES string of the molecule is Cc1c(C(=O)O)cccc1-c1ccc(C[C@H]2CNCc3ccccc3CC(=O)N[C@H](C(=O)NCCOCCN)CCNC(=O)/C=C/C(=O)N3CCC[C@](Cc4ccccc4)(C3)C(=O)N2)cc1. The highest BCUT2D eigenvalue weighted by molar-refractivity contribution is 5.97. The average molecular weight is 900 g/mol. The van der Waals surface area contributed by atoms with Crippen LogP contribution in [0.5, 0.6) is 0 Å². The van der Waals surface area contributed by atoms with Crippen LogP contribution in [0, 0.1) is 12.3 Å². The van der Waals surface area contributed by atoms with Crippen LogP contribution in [0.3, 0.4) is 0 Å². The summed E-state index contributed by atoms with van der Waals surface area (Å²) in [7, 11) is 0. The lowest BCUT2D eigenvalue weighted by atomic mass is 9.74. The Balaban J connectivity index is 1.29. The van der Waals surface area contributed by atoms with E-state index in [1.807, 2.05) is 84.9 Å². The summed E-state index contributed by atoms with van der Waals surface area (Å²) in [5.41, 5.74) is 10.6. The Bertz CT molecular complexity index is 2360. The number of amides is 5. The highest BCUT2D eigenvalue weighted by atomic mass is 16.5. The normalized spacial score (nSPS) is 20.6. The van der Waals surface area contributed by atoms with Crippen LogP contribution in [0.15, 0.2) is 109 Å². The third-order valence-corrected chi connectivity index (χ3v) is 12.1. The third kappa shape index (κ3) is 13.7. The lowest BCUT2D eigenvalue weighted by Gasteiger charge is -2.42. The minimum Gasteiger partial charge on any atom is -0.478 e. The van der Waals surface area contributed by atoms with Crippen LogP contribution in [0.4, 0.5) is 0 Å². The van der Waals surface area contributed by atoms with Gasteiger partial charge >= 0.3 is 5.97 Å². The summed E-state index contributed by atoms with van der Waals surface area (Å²) in [5.74, 6) is -2.94. The standard InChI is InChI=1S/C51H61N7O8/c1-35-42(13-7-14-43(35)49(63)64)38-17-15-36(16-18-38)29-41-33-53-32-40-12-6-5-11-39(40)30-46(60)57-44(48(62)55-25-28-66-27-23-52)21-24-54-45(59)19-20-47(61)58-26-8-22-51(34-58,50(65)56-41)31-37-9-3-2-4-10-37/h2-7,9-20,41,44,53H,8,21-34,52H2,1H3,(H,54,59)(H,55,62)(H,56,65)(H,57,60)(H,63,64)/b20-19+/t41-,44-,51-/m0/s1. The highest BCUT2D eigenvalue weighted by Crippen LogP contribution is 2.35. The first-order valence-electron chi connectivity index (χ1n) is 22.6. The summed E-state index contributed by atoms with van der Waals surface area (Å²) in [6, 6.07) is 29.0. The second kappa shape index (κ2) is 24.0. The Labute approximate surface area is 385 Å². The van der Waals surface area contributed by atoms with Gasteiger partial charge in [-0.25, -0.2) is 4.79 Å². The van der Waals surface area contributed by atoms with E-state index in [4.69, 9.17) is 10.5 Å². The number of carbonyl (C=O) groups is 6. The first kappa shape index (κ1) is 48.8. The zero-order valence-electron chi connectivity index (χ0n) is 37.5. The molecule has 1 saturated heterocycles. The van der Waals surface area contributed by atoms with E-state index in [0.29, 0.717) is 64.0 Å². The van der Waals surface area contributed by atoms with Crippen molar-refractivity contribution in [2.45, 2.75) is 64.1 Å². The Morgan fingerprint density at radius 3 is 2.39 bits per heavy atom. The van der Waals surface area contributed by atoms with Gasteiger partial charge in [-0.3, -0.25) is 24.0 Å². The van der Waals surface area contributed by atoms with Gasteiger partial charge in [-0.2, -0.15) is 0 Å². The summed E-state index contributed by atoms with van der Waals surface area (Å²) in [4.78, 5) is 82.1. The van der Waals surface area contributed by atoms with Gasteiger partial charge in [0.15, 0.2) is 0 Å². The van der Waals surface area contributed by atoms with Gasteiger partial charge in [-0.05, 0) is 84.0 Å². The molecule has 0 aliphatic carbocycles. The lowest BCUT2D eigenvalue weighted by molar-refractivity contribution is -0.140. The summed E-state index contributed by atoms with van der Waals surface area (Å²) >= 11 is 0. The van der Waals surface area contributed by atoms with Gasteiger partial charge in [0, 0.05) is 64.0 Å². The molecule has 348 valence electrons. The number of carbonyl (C=O) groups excluding carboxylic acids is 5. The van der Waals surface area contributed by atoms with Gasteiger partial charge in [0.1, 0.15) is 6.04 Å². The van der Waals surface area contributed by atoms with Gasteiger partial charge in [-0.15, -0.1) is 0 Å². The van der Waals surface area contributed by atoms with Gasteiger partial charge in [0.2, 0.25) is 29.5 Å². The van der Waals surface area contributed by atoms with Crippen molar-refractivity contribution in [3.05, 3.63) is 143 Å². The molecule has 15 heteroatoms. The van der Waals surface area contributed by atoms with Crippen molar-refractivity contribution in [1.29, 1.82) is 0 Å². The van der Waals surface area contributed by atoms with Crippen LogP contribution >= 0.6 is 0 Å². The van der Waals surface area contributed by atoms with E-state index >= 15 is 0 Å². The number of carboxylic acid groups (broad SMARTS) is 1. The third-order valence-electron chi connectivity index (χ3n) is 12.1. The van der Waals surface area contributed by atoms with E-state index in [2.05, 4.69) is 26.6 Å². The van der Waals surface area contributed by atoms with E-state index in [1.165, 1.54) is 6.08 Å². The molecule has 0 spiro atoms. The zero-order chi connectivity index (χ0) is 46.9. The summed E-state index contributed by atoms with van der Waals surface area (Å²) < 4.78 is 5.38. The molecule has 2 aliphatic rings. The molecule has 0 saturated carbocycles. The Morgan fingerprint density at radius 2 is 1.64 bits per heavy atom. The highest BCUT2D eigenvalue weighted by Gasteiger charge is 2.44. The van der Waals surface area contributed by atoms with Gasteiger partial charge < -0.3 is 47.1 Å². The minimum absolute atomic E-state index is 0.0156. The monoisotopic (exact) mass is 899 g/mol. The van der Waals surface area contributed by atoms with Gasteiger partial charge in [-0.1, -0.05) is 91.0 Å². The van der Waals surface area contributed by atoms with E-state index in [1.54, 1.807) is 24.0 Å². The fraction of sp³-hybridized carbons (Fsp3) is 0.373. The number of aromatic carboxylic acids is 1. The average Bonchev–Trinajstić information content (AvgIpc) is 3.31. The Hall–Kier alpha value is -6.68. The largest absolute Gasteiger partial charge is 0.478 e.